The minimum atomic E-state index is -0.778. The SMILES string of the molecule is C.C=C1CCC(N2C(=O)c3cccc(NC(C)C)c3C2=O)C(=O)N1.C=C1CCC(N2Cc3c(NC(C)C)cccc3C2=O)C(=O)N1.C=C1CCC(n2c(C)nc3c(NC(C)C)cccc3c2=O)C(=O)C1. The number of carbonyl (C=O) groups excluding carboxylic acids is 6. The van der Waals surface area contributed by atoms with Gasteiger partial charge in [0.1, 0.15) is 23.4 Å². The van der Waals surface area contributed by atoms with Gasteiger partial charge >= 0.3 is 0 Å². The van der Waals surface area contributed by atoms with E-state index in [1.807, 2.05) is 58.0 Å². The van der Waals surface area contributed by atoms with Crippen molar-refractivity contribution in [3.63, 3.8) is 0 Å². The Labute approximate surface area is 410 Å². The number of fused-ring (bicyclic) bond motifs is 3. The van der Waals surface area contributed by atoms with Crippen molar-refractivity contribution >= 4 is 63.3 Å². The van der Waals surface area contributed by atoms with Gasteiger partial charge in [-0.15, -0.1) is 0 Å². The lowest BCUT2D eigenvalue weighted by Gasteiger charge is -2.31. The zero-order chi connectivity index (χ0) is 50.0. The van der Waals surface area contributed by atoms with E-state index in [1.54, 1.807) is 40.7 Å². The van der Waals surface area contributed by atoms with Gasteiger partial charge in [0.25, 0.3) is 23.3 Å². The standard InChI is InChI=1S/C19H23N3O2.C17H19N3O3.C17H21N3O2.CH4/c1-11(2)20-15-7-5-6-14-18(15)21-13(4)22(19(14)24)16-9-8-12(3)10-17(16)23;1-9(2)18-12-6-4-5-11-14(12)17(23)20(16(11)22)13-8-7-10(3)19-15(13)21;1-10(2)18-14-6-4-5-12-13(14)9-20(17(12)22)15-8-7-11(3)19-16(15)21;/h5-7,11,16,20H,3,8-10H2,1-2,4H3;4-6,9,13,18H,3,7-8H2,1-2H3,(H,19,21);4-6,10,15,18H,3,7-9H2,1-2H3,(H,19,21);1H4. The van der Waals surface area contributed by atoms with E-state index in [-0.39, 0.29) is 54.6 Å². The van der Waals surface area contributed by atoms with Gasteiger partial charge in [-0.3, -0.25) is 43.0 Å². The smallest absolute Gasteiger partial charge is 0.264 e. The Balaban J connectivity index is 0.000000171. The van der Waals surface area contributed by atoms with E-state index >= 15 is 0 Å². The quantitative estimate of drug-likeness (QED) is 0.0800. The Kier molecular flexibility index (Phi) is 16.0. The molecule has 3 unspecified atom stereocenters. The second-order valence-electron chi connectivity index (χ2n) is 19.1. The molecule has 0 radical (unpaired) electrons. The molecule has 1 aliphatic carbocycles. The van der Waals surface area contributed by atoms with Crippen LogP contribution in [0.25, 0.3) is 10.9 Å². The lowest BCUT2D eigenvalue weighted by atomic mass is 9.90. The molecule has 4 aliphatic heterocycles. The predicted octanol–water partition coefficient (Wildman–Crippen LogP) is 8.16. The molecule has 0 spiro atoms. The normalized spacial score (nSPS) is 19.8. The van der Waals surface area contributed by atoms with E-state index in [0.717, 1.165) is 39.5 Å². The van der Waals surface area contributed by atoms with Gasteiger partial charge in [0.05, 0.1) is 28.2 Å². The van der Waals surface area contributed by atoms with Gasteiger partial charge in [0.15, 0.2) is 5.78 Å². The molecule has 1 aromatic heterocycles. The van der Waals surface area contributed by atoms with Gasteiger partial charge < -0.3 is 31.5 Å². The summed E-state index contributed by atoms with van der Waals surface area (Å²) in [6.45, 7) is 25.8. The maximum atomic E-state index is 13.0. The minimum Gasteiger partial charge on any atom is -0.383 e. The van der Waals surface area contributed by atoms with Crippen LogP contribution < -0.4 is 32.1 Å². The molecule has 0 bridgehead atoms. The number of ketones is 1. The second-order valence-corrected chi connectivity index (χ2v) is 19.1. The summed E-state index contributed by atoms with van der Waals surface area (Å²) in [6, 6.07) is 15.4. The Hall–Kier alpha value is -7.36. The number of allylic oxidation sites excluding steroid dienone is 3. The van der Waals surface area contributed by atoms with Gasteiger partial charge in [-0.2, -0.15) is 0 Å². The van der Waals surface area contributed by atoms with Crippen LogP contribution in [-0.2, 0) is 20.9 Å². The number of nitrogens with one attached hydrogen (secondary N) is 5. The van der Waals surface area contributed by atoms with Crippen LogP contribution >= 0.6 is 0 Å². The number of benzene rings is 3. The predicted molar refractivity (Wildman–Crippen MR) is 275 cm³/mol. The summed E-state index contributed by atoms with van der Waals surface area (Å²) in [5, 5.41) is 15.8. The number of amides is 5. The van der Waals surface area contributed by atoms with E-state index < -0.39 is 29.9 Å². The van der Waals surface area contributed by atoms with Crippen LogP contribution in [0.2, 0.25) is 0 Å². The summed E-state index contributed by atoms with van der Waals surface area (Å²) in [5.41, 5.74) is 7.63. The lowest BCUT2D eigenvalue weighted by Crippen LogP contribution is -2.51. The highest BCUT2D eigenvalue weighted by molar-refractivity contribution is 6.25. The number of imide groups is 1. The van der Waals surface area contributed by atoms with Crippen molar-refractivity contribution < 1.29 is 28.8 Å². The Morgan fingerprint density at radius 1 is 0.629 bits per heavy atom. The summed E-state index contributed by atoms with van der Waals surface area (Å²) >= 11 is 0. The van der Waals surface area contributed by atoms with Gasteiger partial charge in [0.2, 0.25) is 11.8 Å². The first kappa shape index (κ1) is 52.0. The molecule has 9 rings (SSSR count). The highest BCUT2D eigenvalue weighted by Crippen LogP contribution is 2.35. The average molecular weight is 954 g/mol. The fourth-order valence-corrected chi connectivity index (χ4v) is 9.49. The first-order valence-electron chi connectivity index (χ1n) is 23.7. The number of aryl methyl sites for hydroxylation is 1. The average Bonchev–Trinajstić information content (AvgIpc) is 3.74. The fraction of sp³-hybridized carbons (Fsp3) is 0.407. The number of Topliss-reactive ketones (excluding diaryl/α,β-unsaturated/α-hetero) is 1. The number of carbonyl (C=O) groups is 6. The Morgan fingerprint density at radius 2 is 1.16 bits per heavy atom. The van der Waals surface area contributed by atoms with Crippen LogP contribution in [0.3, 0.4) is 0 Å². The lowest BCUT2D eigenvalue weighted by molar-refractivity contribution is -0.126. The number of hydrogen-bond donors (Lipinski definition) is 5. The number of nitrogens with zero attached hydrogens (tertiary/aromatic N) is 4. The Bertz CT molecular complexity index is 2860. The summed E-state index contributed by atoms with van der Waals surface area (Å²) in [5.74, 6) is -0.739. The number of hydrogen-bond acceptors (Lipinski definition) is 11. The van der Waals surface area contributed by atoms with E-state index in [1.165, 1.54) is 0 Å². The minimum absolute atomic E-state index is 0. The maximum Gasteiger partial charge on any atom is 0.264 e. The molecule has 5 heterocycles. The monoisotopic (exact) mass is 954 g/mol. The van der Waals surface area contributed by atoms with Gasteiger partial charge in [0, 0.05) is 65.0 Å². The van der Waals surface area contributed by atoms with E-state index in [9.17, 15) is 33.6 Å². The van der Waals surface area contributed by atoms with Crippen molar-refractivity contribution in [2.24, 2.45) is 0 Å². The molecule has 3 atom stereocenters. The highest BCUT2D eigenvalue weighted by atomic mass is 16.2. The van der Waals surface area contributed by atoms with Gasteiger partial charge in [-0.25, -0.2) is 4.98 Å². The number of piperidine rings is 2. The van der Waals surface area contributed by atoms with Gasteiger partial charge in [-0.05, 0) is 123 Å². The summed E-state index contributed by atoms with van der Waals surface area (Å²) in [4.78, 5) is 95.3. The topological polar surface area (TPSA) is 204 Å². The van der Waals surface area contributed by atoms with Crippen molar-refractivity contribution in [2.75, 3.05) is 16.0 Å². The molecule has 370 valence electrons. The highest BCUT2D eigenvalue weighted by Gasteiger charge is 2.45. The molecule has 1 saturated carbocycles. The Morgan fingerprint density at radius 3 is 1.76 bits per heavy atom. The molecular weight excluding hydrogens is 887 g/mol. The number of anilines is 3. The van der Waals surface area contributed by atoms with E-state index in [0.29, 0.717) is 89.9 Å². The van der Waals surface area contributed by atoms with E-state index in [4.69, 9.17) is 0 Å². The molecule has 16 nitrogen and oxygen atoms in total. The molecule has 16 heteroatoms. The zero-order valence-electron chi connectivity index (χ0n) is 40.6. The molecule has 70 heavy (non-hydrogen) atoms. The molecule has 2 saturated heterocycles. The summed E-state index contributed by atoms with van der Waals surface area (Å²) in [6.07, 6.45) is 4.06. The van der Waals surface area contributed by atoms with Crippen molar-refractivity contribution in [1.29, 1.82) is 0 Å². The molecule has 5 amide bonds. The maximum absolute atomic E-state index is 13.0. The molecule has 5 aliphatic rings. The van der Waals surface area contributed by atoms with Crippen molar-refractivity contribution in [3.8, 4) is 0 Å². The largest absolute Gasteiger partial charge is 0.383 e. The first-order chi connectivity index (χ1) is 32.7. The van der Waals surface area contributed by atoms with Crippen LogP contribution in [0.5, 0.6) is 0 Å². The molecule has 3 fully saturated rings. The van der Waals surface area contributed by atoms with Crippen LogP contribution in [0.1, 0.15) is 142 Å². The summed E-state index contributed by atoms with van der Waals surface area (Å²) < 4.78 is 1.57. The fourth-order valence-electron chi connectivity index (χ4n) is 9.49. The van der Waals surface area contributed by atoms with Crippen molar-refractivity contribution in [1.82, 2.24) is 30.0 Å². The van der Waals surface area contributed by atoms with Crippen molar-refractivity contribution in [2.45, 2.75) is 144 Å². The third-order valence-electron chi connectivity index (χ3n) is 12.6. The van der Waals surface area contributed by atoms with Crippen LogP contribution in [0, 0.1) is 6.92 Å². The van der Waals surface area contributed by atoms with Crippen LogP contribution in [0.15, 0.2) is 96.1 Å². The zero-order valence-corrected chi connectivity index (χ0v) is 40.6. The van der Waals surface area contributed by atoms with Crippen LogP contribution in [-0.4, -0.2) is 84.9 Å². The molecule has 5 N–H and O–H groups in total. The second kappa shape index (κ2) is 21.5. The number of para-hydroxylation sites is 1. The number of aromatic nitrogens is 2. The van der Waals surface area contributed by atoms with Crippen LogP contribution in [0.4, 0.5) is 17.1 Å². The molecular formula is C54H67N9O7. The molecule has 4 aromatic rings. The van der Waals surface area contributed by atoms with Gasteiger partial charge in [-0.1, -0.05) is 50.9 Å². The van der Waals surface area contributed by atoms with E-state index in [2.05, 4.69) is 65.2 Å². The first-order valence-corrected chi connectivity index (χ1v) is 23.7. The third-order valence-corrected chi connectivity index (χ3v) is 12.6. The van der Waals surface area contributed by atoms with Crippen molar-refractivity contribution in [3.05, 3.63) is 130 Å². The number of rotatable bonds is 9. The molecule has 3 aromatic carbocycles. The summed E-state index contributed by atoms with van der Waals surface area (Å²) in [7, 11) is 0. The third kappa shape index (κ3) is 10.8.